The first-order valence-corrected chi connectivity index (χ1v) is 8.08. The second-order valence-electron chi connectivity index (χ2n) is 6.05. The van der Waals surface area contributed by atoms with Crippen LogP contribution in [0.2, 0.25) is 0 Å². The summed E-state index contributed by atoms with van der Waals surface area (Å²) in [5.41, 5.74) is 1.85. The third kappa shape index (κ3) is 2.57. The fourth-order valence-electron chi connectivity index (χ4n) is 3.23. The summed E-state index contributed by atoms with van der Waals surface area (Å²) in [5, 5.41) is 16.9. The van der Waals surface area contributed by atoms with Crippen molar-refractivity contribution in [2.24, 2.45) is 0 Å². The van der Waals surface area contributed by atoms with Crippen molar-refractivity contribution in [2.75, 3.05) is 12.4 Å². The van der Waals surface area contributed by atoms with Crippen molar-refractivity contribution < 1.29 is 19.0 Å². The highest BCUT2D eigenvalue weighted by molar-refractivity contribution is 5.94. The van der Waals surface area contributed by atoms with Gasteiger partial charge in [-0.15, -0.1) is 0 Å². The number of amides is 1. The summed E-state index contributed by atoms with van der Waals surface area (Å²) in [5.74, 6) is -0.0822. The number of ether oxygens (including phenoxy) is 1. The van der Waals surface area contributed by atoms with Gasteiger partial charge in [0.2, 0.25) is 5.91 Å². The third-order valence-electron chi connectivity index (χ3n) is 4.51. The fourth-order valence-corrected chi connectivity index (χ4v) is 3.23. The maximum Gasteiger partial charge on any atom is 0.226 e. The summed E-state index contributed by atoms with van der Waals surface area (Å²) in [4.78, 5) is 12.3. The number of anilines is 1. The lowest BCUT2D eigenvalue weighted by Crippen LogP contribution is -2.24. The Morgan fingerprint density at radius 1 is 1.31 bits per heavy atom. The number of carbonyl (C=O) groups is 1. The smallest absolute Gasteiger partial charge is 0.226 e. The van der Waals surface area contributed by atoms with E-state index in [4.69, 9.17) is 4.74 Å². The molecule has 0 spiro atoms. The van der Waals surface area contributed by atoms with Crippen LogP contribution in [0.1, 0.15) is 23.5 Å². The van der Waals surface area contributed by atoms with Crippen molar-refractivity contribution in [1.29, 1.82) is 0 Å². The lowest BCUT2D eigenvalue weighted by atomic mass is 9.87. The zero-order valence-corrected chi connectivity index (χ0v) is 13.9. The fraction of sp³-hybridized carbons (Fsp3) is 0.158. The number of phenolic OH excluding ortho intramolecular Hbond substituents is 1. The van der Waals surface area contributed by atoms with Gasteiger partial charge in [-0.05, 0) is 29.8 Å². The van der Waals surface area contributed by atoms with Crippen molar-refractivity contribution >= 4 is 11.7 Å². The van der Waals surface area contributed by atoms with E-state index in [1.54, 1.807) is 36.5 Å². The van der Waals surface area contributed by atoms with E-state index in [1.165, 1.54) is 23.9 Å². The highest BCUT2D eigenvalue weighted by atomic mass is 19.1. The monoisotopic (exact) mass is 353 g/mol. The summed E-state index contributed by atoms with van der Waals surface area (Å²) >= 11 is 0. The van der Waals surface area contributed by atoms with Gasteiger partial charge in [0, 0.05) is 17.9 Å². The number of aromatic hydroxyl groups is 1. The number of aromatic nitrogens is 2. The van der Waals surface area contributed by atoms with Gasteiger partial charge < -0.3 is 15.2 Å². The molecular formula is C19H16FN3O3. The molecule has 1 unspecified atom stereocenters. The molecule has 0 aliphatic carbocycles. The Balaban J connectivity index is 1.83. The molecule has 2 N–H and O–H groups in total. The van der Waals surface area contributed by atoms with E-state index in [1.807, 2.05) is 0 Å². The van der Waals surface area contributed by atoms with Crippen LogP contribution in [0.3, 0.4) is 0 Å². The predicted molar refractivity (Wildman–Crippen MR) is 93.3 cm³/mol. The molecule has 6 nitrogen and oxygen atoms in total. The maximum atomic E-state index is 14.2. The molecule has 132 valence electrons. The molecule has 0 fully saturated rings. The highest BCUT2D eigenvalue weighted by Gasteiger charge is 2.31. The summed E-state index contributed by atoms with van der Waals surface area (Å²) in [7, 11) is 1.47. The summed E-state index contributed by atoms with van der Waals surface area (Å²) in [6.45, 7) is 0. The molecule has 26 heavy (non-hydrogen) atoms. The summed E-state index contributed by atoms with van der Waals surface area (Å²) < 4.78 is 20.7. The van der Waals surface area contributed by atoms with E-state index in [2.05, 4.69) is 10.4 Å². The molecule has 3 aromatic rings. The number of phenols is 1. The average molecular weight is 353 g/mol. The molecule has 4 rings (SSSR count). The quantitative estimate of drug-likeness (QED) is 0.758. The topological polar surface area (TPSA) is 76.4 Å². The lowest BCUT2D eigenvalue weighted by molar-refractivity contribution is -0.116. The van der Waals surface area contributed by atoms with Gasteiger partial charge in [0.05, 0.1) is 13.3 Å². The minimum Gasteiger partial charge on any atom is -0.504 e. The van der Waals surface area contributed by atoms with Crippen LogP contribution in [0.25, 0.3) is 5.69 Å². The van der Waals surface area contributed by atoms with Crippen molar-refractivity contribution in [2.45, 2.75) is 12.3 Å². The third-order valence-corrected chi connectivity index (χ3v) is 4.51. The minimum atomic E-state index is -0.430. The zero-order chi connectivity index (χ0) is 18.3. The van der Waals surface area contributed by atoms with Crippen LogP contribution >= 0.6 is 0 Å². The molecule has 1 atom stereocenters. The predicted octanol–water partition coefficient (Wildman–Crippen LogP) is 3.20. The van der Waals surface area contributed by atoms with Crippen LogP contribution in [-0.4, -0.2) is 27.9 Å². The van der Waals surface area contributed by atoms with Crippen LogP contribution in [0, 0.1) is 5.82 Å². The Morgan fingerprint density at radius 3 is 2.88 bits per heavy atom. The van der Waals surface area contributed by atoms with Gasteiger partial charge in [-0.1, -0.05) is 18.2 Å². The van der Waals surface area contributed by atoms with E-state index < -0.39 is 5.82 Å². The number of hydrogen-bond donors (Lipinski definition) is 2. The van der Waals surface area contributed by atoms with Crippen molar-refractivity contribution in [3.63, 3.8) is 0 Å². The molecule has 1 aromatic heterocycles. The number of methoxy groups -OCH3 is 1. The first-order valence-electron chi connectivity index (χ1n) is 8.08. The highest BCUT2D eigenvalue weighted by Crippen LogP contribution is 2.40. The summed E-state index contributed by atoms with van der Waals surface area (Å²) in [6, 6.07) is 11.2. The number of halogens is 1. The second kappa shape index (κ2) is 6.18. The number of nitrogens with one attached hydrogen (secondary N) is 1. The normalized spacial score (nSPS) is 16.1. The molecule has 2 heterocycles. The number of para-hydroxylation sites is 1. The van der Waals surface area contributed by atoms with Gasteiger partial charge in [0.25, 0.3) is 0 Å². The molecule has 7 heteroatoms. The number of hydrogen-bond acceptors (Lipinski definition) is 4. The molecule has 0 saturated heterocycles. The molecule has 2 aromatic carbocycles. The Bertz CT molecular complexity index is 999. The van der Waals surface area contributed by atoms with Crippen LogP contribution in [0.15, 0.2) is 48.7 Å². The Labute approximate surface area is 148 Å². The molecule has 1 amide bonds. The Hall–Kier alpha value is -3.35. The first-order chi connectivity index (χ1) is 12.6. The van der Waals surface area contributed by atoms with Gasteiger partial charge in [-0.2, -0.15) is 5.10 Å². The number of nitrogens with zero attached hydrogens (tertiary/aromatic N) is 2. The zero-order valence-electron chi connectivity index (χ0n) is 13.9. The van der Waals surface area contributed by atoms with Crippen molar-refractivity contribution in [3.8, 4) is 17.2 Å². The maximum absolute atomic E-state index is 14.2. The van der Waals surface area contributed by atoms with Gasteiger partial charge >= 0.3 is 0 Å². The lowest BCUT2D eigenvalue weighted by Gasteiger charge is -2.24. The number of fused-ring (bicyclic) bond motifs is 1. The molecule has 1 aliphatic rings. The SMILES string of the molecule is COc1cc(C2CC(=O)Nc3c2cnn3-c2ccccc2F)ccc1O. The van der Waals surface area contributed by atoms with Crippen LogP contribution < -0.4 is 10.1 Å². The molecule has 1 aliphatic heterocycles. The molecule has 0 bridgehead atoms. The van der Waals surface area contributed by atoms with Gasteiger partial charge in [0.1, 0.15) is 17.3 Å². The van der Waals surface area contributed by atoms with E-state index in [0.29, 0.717) is 11.6 Å². The minimum absolute atomic E-state index is 0.0267. The van der Waals surface area contributed by atoms with Crippen LogP contribution in [-0.2, 0) is 4.79 Å². The van der Waals surface area contributed by atoms with E-state index in [0.717, 1.165) is 11.1 Å². The number of benzene rings is 2. The van der Waals surface area contributed by atoms with Gasteiger partial charge in [-0.25, -0.2) is 9.07 Å². The van der Waals surface area contributed by atoms with Crippen LogP contribution in [0.5, 0.6) is 11.5 Å². The Morgan fingerprint density at radius 2 is 2.12 bits per heavy atom. The van der Waals surface area contributed by atoms with E-state index in [9.17, 15) is 14.3 Å². The van der Waals surface area contributed by atoms with Gasteiger partial charge in [0.15, 0.2) is 11.5 Å². The van der Waals surface area contributed by atoms with E-state index in [-0.39, 0.29) is 29.7 Å². The van der Waals surface area contributed by atoms with Gasteiger partial charge in [-0.3, -0.25) is 4.79 Å². The average Bonchev–Trinajstić information content (AvgIpc) is 3.05. The standard InChI is InChI=1S/C19H16FN3O3/c1-26-17-8-11(6-7-16(17)24)12-9-18(25)22-19-13(12)10-21-23(19)15-5-3-2-4-14(15)20/h2-8,10,12,24H,9H2,1H3,(H,22,25). The number of rotatable bonds is 3. The van der Waals surface area contributed by atoms with Crippen LogP contribution in [0.4, 0.5) is 10.2 Å². The Kier molecular flexibility index (Phi) is 3.84. The van der Waals surface area contributed by atoms with E-state index >= 15 is 0 Å². The molecular weight excluding hydrogens is 337 g/mol. The summed E-state index contributed by atoms with van der Waals surface area (Å²) in [6.07, 6.45) is 1.86. The van der Waals surface area contributed by atoms with Crippen molar-refractivity contribution in [3.05, 3.63) is 65.6 Å². The first kappa shape index (κ1) is 16.1. The number of carbonyl (C=O) groups excluding carboxylic acids is 1. The molecule has 0 saturated carbocycles. The largest absolute Gasteiger partial charge is 0.504 e. The second-order valence-corrected chi connectivity index (χ2v) is 6.05. The molecule has 0 radical (unpaired) electrons. The van der Waals surface area contributed by atoms with Crippen molar-refractivity contribution in [1.82, 2.24) is 9.78 Å².